The summed E-state index contributed by atoms with van der Waals surface area (Å²) in [5, 5.41) is 14.0. The molecule has 1 aromatic rings. The monoisotopic (exact) mass is 395 g/mol. The fourth-order valence-electron chi connectivity index (χ4n) is 2.68. The van der Waals surface area contributed by atoms with Crippen molar-refractivity contribution in [1.29, 1.82) is 0 Å². The Morgan fingerprint density at radius 1 is 1.38 bits per heavy atom. The van der Waals surface area contributed by atoms with Gasteiger partial charge in [0.05, 0.1) is 17.1 Å². The van der Waals surface area contributed by atoms with Crippen LogP contribution in [0, 0.1) is 0 Å². The Bertz CT molecular complexity index is 595. The summed E-state index contributed by atoms with van der Waals surface area (Å²) >= 11 is 17.6. The van der Waals surface area contributed by atoms with E-state index in [4.69, 9.17) is 35.1 Å². The predicted octanol–water partition coefficient (Wildman–Crippen LogP) is 4.08. The molecule has 1 aliphatic rings. The van der Waals surface area contributed by atoms with Crippen molar-refractivity contribution in [3.8, 4) is 5.75 Å². The van der Waals surface area contributed by atoms with Crippen LogP contribution in [-0.2, 0) is 0 Å². The van der Waals surface area contributed by atoms with Crippen LogP contribution < -0.4 is 9.61 Å². The second-order valence-corrected chi connectivity index (χ2v) is 6.82. The second-order valence-electron chi connectivity index (χ2n) is 5.91. The van der Waals surface area contributed by atoms with Crippen molar-refractivity contribution >= 4 is 41.1 Å². The van der Waals surface area contributed by atoms with Gasteiger partial charge in [0.15, 0.2) is 5.75 Å². The molecule has 0 aliphatic carbocycles. The smallest absolute Gasteiger partial charge is 0.341 e. The molecular weight excluding hydrogens is 377 g/mol. The Balaban J connectivity index is 2.02. The number of hydroxylamine groups is 2. The zero-order chi connectivity index (χ0) is 17.9. The molecule has 6 nitrogen and oxygen atoms in total. The van der Waals surface area contributed by atoms with Gasteiger partial charge in [-0.2, -0.15) is 0 Å². The maximum absolute atomic E-state index is 12.3. The number of hydrogen-bond donors (Lipinski definition) is 2. The molecular formula is C15H20Cl3N3O3. The van der Waals surface area contributed by atoms with Crippen LogP contribution >= 0.6 is 35.1 Å². The van der Waals surface area contributed by atoms with Crippen molar-refractivity contribution in [2.75, 3.05) is 20.1 Å². The molecule has 2 rings (SSSR count). The number of carbonyl (C=O) groups is 1. The zero-order valence-electron chi connectivity index (χ0n) is 13.4. The number of hydrogen-bond acceptors (Lipinski definition) is 4. The van der Waals surface area contributed by atoms with E-state index in [2.05, 4.69) is 14.5 Å². The predicted molar refractivity (Wildman–Crippen MR) is 94.0 cm³/mol. The summed E-state index contributed by atoms with van der Waals surface area (Å²) in [6.45, 7) is 3.43. The van der Waals surface area contributed by atoms with Crippen molar-refractivity contribution in [2.24, 2.45) is 0 Å². The number of halogens is 3. The van der Waals surface area contributed by atoms with E-state index in [1.807, 2.05) is 7.05 Å². The van der Waals surface area contributed by atoms with E-state index in [1.54, 1.807) is 19.1 Å². The van der Waals surface area contributed by atoms with Gasteiger partial charge >= 0.3 is 6.03 Å². The summed E-state index contributed by atoms with van der Waals surface area (Å²) < 4.78 is 4.58. The third kappa shape index (κ3) is 4.37. The summed E-state index contributed by atoms with van der Waals surface area (Å²) in [5.74, 6) is 0.237. The van der Waals surface area contributed by atoms with Crippen molar-refractivity contribution in [1.82, 2.24) is 15.3 Å². The molecule has 1 aromatic carbocycles. The van der Waals surface area contributed by atoms with E-state index in [-0.39, 0.29) is 21.8 Å². The lowest BCUT2D eigenvalue weighted by Crippen LogP contribution is -2.48. The van der Waals surface area contributed by atoms with Crippen molar-refractivity contribution in [2.45, 2.75) is 31.8 Å². The van der Waals surface area contributed by atoms with Gasteiger partial charge in [0.2, 0.25) is 0 Å². The van der Waals surface area contributed by atoms with Crippen LogP contribution in [0.15, 0.2) is 12.1 Å². The number of nitrogens with zero attached hydrogens (tertiary/aromatic N) is 2. The quantitative estimate of drug-likeness (QED) is 0.594. The lowest BCUT2D eigenvalue weighted by atomic mass is 10.1. The van der Waals surface area contributed by atoms with Gasteiger partial charge in [0, 0.05) is 0 Å². The van der Waals surface area contributed by atoms with Crippen molar-refractivity contribution in [3.63, 3.8) is 0 Å². The molecule has 0 bridgehead atoms. The molecule has 1 saturated heterocycles. The summed E-state index contributed by atoms with van der Waals surface area (Å²) in [6, 6.07) is 2.01. The summed E-state index contributed by atoms with van der Waals surface area (Å²) in [7, 11) is 2.01. The highest BCUT2D eigenvalue weighted by atomic mass is 35.5. The SMILES string of the molecule is CC(NC(=O)N(O)C1CCN(C)CC1)c1ccc(OCl)c(Cl)c1Cl. The zero-order valence-corrected chi connectivity index (χ0v) is 15.7. The number of amides is 2. The number of piperidine rings is 1. The average molecular weight is 397 g/mol. The third-order valence-electron chi connectivity index (χ3n) is 4.21. The average Bonchev–Trinajstić information content (AvgIpc) is 2.57. The Hall–Kier alpha value is -0.920. The fourth-order valence-corrected chi connectivity index (χ4v) is 3.37. The summed E-state index contributed by atoms with van der Waals surface area (Å²) in [6.07, 6.45) is 1.45. The standard InChI is InChI=1S/C15H20Cl3N3O3/c1-9(11-3-4-12(24-18)14(17)13(11)16)19-15(22)21(23)10-5-7-20(2)8-6-10/h3-4,9-10,23H,5-8H2,1-2H3,(H,19,22). The van der Waals surface area contributed by atoms with E-state index in [9.17, 15) is 10.0 Å². The normalized spacial score (nSPS) is 17.4. The van der Waals surface area contributed by atoms with Crippen LogP contribution in [0.3, 0.4) is 0 Å². The number of rotatable bonds is 4. The van der Waals surface area contributed by atoms with Crippen LogP contribution in [0.1, 0.15) is 31.4 Å². The molecule has 1 atom stereocenters. The molecule has 0 aromatic heterocycles. The number of urea groups is 1. The van der Waals surface area contributed by atoms with Gasteiger partial charge < -0.3 is 14.5 Å². The molecule has 1 fully saturated rings. The first-order valence-corrected chi connectivity index (χ1v) is 8.65. The van der Waals surface area contributed by atoms with Crippen LogP contribution in [0.4, 0.5) is 4.79 Å². The van der Waals surface area contributed by atoms with Gasteiger partial charge in [0.1, 0.15) is 16.9 Å². The molecule has 0 saturated carbocycles. The molecule has 134 valence electrons. The number of carbonyl (C=O) groups excluding carboxylic acids is 1. The lowest BCUT2D eigenvalue weighted by molar-refractivity contribution is -0.0919. The number of likely N-dealkylation sites (tertiary alicyclic amines) is 1. The van der Waals surface area contributed by atoms with Gasteiger partial charge in [-0.1, -0.05) is 29.3 Å². The van der Waals surface area contributed by atoms with Gasteiger partial charge in [-0.3, -0.25) is 5.21 Å². The van der Waals surface area contributed by atoms with Crippen molar-refractivity contribution in [3.05, 3.63) is 27.7 Å². The molecule has 24 heavy (non-hydrogen) atoms. The molecule has 2 N–H and O–H groups in total. The van der Waals surface area contributed by atoms with E-state index in [0.29, 0.717) is 5.56 Å². The van der Waals surface area contributed by atoms with Crippen LogP contribution in [0.5, 0.6) is 5.75 Å². The van der Waals surface area contributed by atoms with Gasteiger partial charge in [0.25, 0.3) is 0 Å². The number of nitrogens with one attached hydrogen (secondary N) is 1. The van der Waals surface area contributed by atoms with Crippen LogP contribution in [0.25, 0.3) is 0 Å². The first-order valence-electron chi connectivity index (χ1n) is 7.58. The molecule has 9 heteroatoms. The van der Waals surface area contributed by atoms with Crippen molar-refractivity contribution < 1.29 is 14.3 Å². The van der Waals surface area contributed by atoms with Gasteiger partial charge in [-0.05, 0) is 51.5 Å². The van der Waals surface area contributed by atoms with Crippen LogP contribution in [-0.4, -0.2) is 47.4 Å². The highest BCUT2D eigenvalue weighted by molar-refractivity contribution is 6.43. The van der Waals surface area contributed by atoms with E-state index < -0.39 is 12.1 Å². The lowest BCUT2D eigenvalue weighted by Gasteiger charge is -2.33. The maximum Gasteiger partial charge on any atom is 0.341 e. The minimum Gasteiger partial charge on any atom is -0.384 e. The Labute approximate surface area is 156 Å². The Kier molecular flexibility index (Phi) is 6.83. The minimum atomic E-state index is -0.568. The van der Waals surface area contributed by atoms with E-state index >= 15 is 0 Å². The first kappa shape index (κ1) is 19.4. The minimum absolute atomic E-state index is 0.168. The van der Waals surface area contributed by atoms with Crippen LogP contribution in [0.2, 0.25) is 10.0 Å². The Morgan fingerprint density at radius 2 is 2.00 bits per heavy atom. The van der Waals surface area contributed by atoms with Gasteiger partial charge in [-0.25, -0.2) is 9.86 Å². The number of benzene rings is 1. The maximum atomic E-state index is 12.3. The summed E-state index contributed by atoms with van der Waals surface area (Å²) in [5.41, 5.74) is 0.601. The highest BCUT2D eigenvalue weighted by Gasteiger charge is 2.27. The summed E-state index contributed by atoms with van der Waals surface area (Å²) in [4.78, 5) is 14.4. The fraction of sp³-hybridized carbons (Fsp3) is 0.533. The molecule has 1 unspecified atom stereocenters. The molecule has 0 spiro atoms. The molecule has 0 radical (unpaired) electrons. The highest BCUT2D eigenvalue weighted by Crippen LogP contribution is 2.37. The molecule has 1 aliphatic heterocycles. The topological polar surface area (TPSA) is 65.0 Å². The third-order valence-corrected chi connectivity index (χ3v) is 5.25. The Morgan fingerprint density at radius 3 is 2.58 bits per heavy atom. The van der Waals surface area contributed by atoms with E-state index in [0.717, 1.165) is 31.0 Å². The second kappa shape index (κ2) is 8.45. The largest absolute Gasteiger partial charge is 0.384 e. The molecule has 1 heterocycles. The van der Waals surface area contributed by atoms with E-state index in [1.165, 1.54) is 0 Å². The van der Waals surface area contributed by atoms with Gasteiger partial charge in [-0.15, -0.1) is 0 Å². The molecule has 2 amide bonds. The first-order chi connectivity index (χ1) is 11.3.